The van der Waals surface area contributed by atoms with E-state index in [1.54, 1.807) is 0 Å². The first-order valence-electron chi connectivity index (χ1n) is 9.47. The molecular weight excluding hydrogens is 396 g/mol. The van der Waals surface area contributed by atoms with Crippen LogP contribution in [0.25, 0.3) is 6.08 Å². The van der Waals surface area contributed by atoms with Crippen molar-refractivity contribution in [1.29, 1.82) is 0 Å². The van der Waals surface area contributed by atoms with E-state index in [1.165, 1.54) is 30.7 Å². The van der Waals surface area contributed by atoms with Crippen LogP contribution >= 0.6 is 12.2 Å². The Morgan fingerprint density at radius 1 is 1.24 bits per heavy atom. The lowest BCUT2D eigenvalue weighted by atomic mass is 9.78. The average molecular weight is 420 g/mol. The van der Waals surface area contributed by atoms with E-state index in [9.17, 15) is 14.9 Å². The third kappa shape index (κ3) is 5.14. The lowest BCUT2D eigenvalue weighted by Gasteiger charge is -2.35. The maximum absolute atomic E-state index is 12.1. The quantitative estimate of drug-likeness (QED) is 0.295. The first kappa shape index (κ1) is 20.8. The molecule has 156 valence electrons. The fourth-order valence-electron chi connectivity index (χ4n) is 3.55. The minimum absolute atomic E-state index is 0.00684. The first-order chi connectivity index (χ1) is 13.8. The highest BCUT2D eigenvalue weighted by atomic mass is 32.1. The standard InChI is InChI=1S/C19H24N4O5S/c1-11-4-3-5-14(12(11)2)20-19(29)22-21-18(24)7-6-13-8-16-17(28-10-27-16)9-15(13)23(25)26/h6-9,11-12,14H,3-5,10H2,1-2H3,(H,21,24)(H2,20,22,29)/b7-6+/t11-,12+,14-/m0/s1. The molecule has 3 atom stereocenters. The van der Waals surface area contributed by atoms with Gasteiger partial charge in [-0.25, -0.2) is 0 Å². The van der Waals surface area contributed by atoms with Gasteiger partial charge in [0.15, 0.2) is 16.6 Å². The van der Waals surface area contributed by atoms with E-state index >= 15 is 0 Å². The zero-order valence-electron chi connectivity index (χ0n) is 16.3. The highest BCUT2D eigenvalue weighted by Gasteiger charge is 2.27. The molecule has 1 amide bonds. The second kappa shape index (κ2) is 9.08. The van der Waals surface area contributed by atoms with E-state index in [1.807, 2.05) is 0 Å². The summed E-state index contributed by atoms with van der Waals surface area (Å²) in [6.45, 7) is 4.44. The summed E-state index contributed by atoms with van der Waals surface area (Å²) in [4.78, 5) is 22.8. The molecule has 1 aromatic carbocycles. The second-order valence-corrected chi connectivity index (χ2v) is 7.72. The predicted octanol–water partition coefficient (Wildman–Crippen LogP) is 2.66. The number of hydrazine groups is 1. The maximum atomic E-state index is 12.1. The zero-order chi connectivity index (χ0) is 21.0. The first-order valence-corrected chi connectivity index (χ1v) is 9.88. The molecule has 3 N–H and O–H groups in total. The summed E-state index contributed by atoms with van der Waals surface area (Å²) < 4.78 is 10.4. The zero-order valence-corrected chi connectivity index (χ0v) is 17.1. The van der Waals surface area contributed by atoms with Crippen molar-refractivity contribution in [2.24, 2.45) is 11.8 Å². The highest BCUT2D eigenvalue weighted by Crippen LogP contribution is 2.38. The number of amides is 1. The number of carbonyl (C=O) groups excluding carboxylic acids is 1. The minimum atomic E-state index is -0.539. The molecule has 0 aromatic heterocycles. The van der Waals surface area contributed by atoms with E-state index in [4.69, 9.17) is 21.7 Å². The van der Waals surface area contributed by atoms with Gasteiger partial charge >= 0.3 is 0 Å². The van der Waals surface area contributed by atoms with Gasteiger partial charge in [0.1, 0.15) is 0 Å². The van der Waals surface area contributed by atoms with Crippen LogP contribution in [0.4, 0.5) is 5.69 Å². The van der Waals surface area contributed by atoms with Gasteiger partial charge in [-0.2, -0.15) is 0 Å². The van der Waals surface area contributed by atoms with Gasteiger partial charge in [0.05, 0.1) is 16.6 Å². The van der Waals surface area contributed by atoms with E-state index < -0.39 is 10.8 Å². The molecule has 0 radical (unpaired) electrons. The molecule has 1 fully saturated rings. The van der Waals surface area contributed by atoms with Crippen LogP contribution in [0.15, 0.2) is 18.2 Å². The number of nitrogens with one attached hydrogen (secondary N) is 3. The number of carbonyl (C=O) groups is 1. The van der Waals surface area contributed by atoms with E-state index in [0.717, 1.165) is 12.8 Å². The molecule has 1 saturated carbocycles. The number of nitro benzene ring substituents is 1. The van der Waals surface area contributed by atoms with Crippen LogP contribution in [-0.2, 0) is 4.79 Å². The van der Waals surface area contributed by atoms with Gasteiger partial charge in [-0.3, -0.25) is 25.8 Å². The predicted molar refractivity (Wildman–Crippen MR) is 111 cm³/mol. The Bertz CT molecular complexity index is 844. The number of thiocarbonyl (C=S) groups is 1. The van der Waals surface area contributed by atoms with Crippen LogP contribution in [0.2, 0.25) is 0 Å². The van der Waals surface area contributed by atoms with Gasteiger partial charge in [-0.1, -0.05) is 26.7 Å². The van der Waals surface area contributed by atoms with E-state index in [-0.39, 0.29) is 24.1 Å². The van der Waals surface area contributed by atoms with Gasteiger partial charge in [-0.15, -0.1) is 0 Å². The van der Waals surface area contributed by atoms with E-state index in [0.29, 0.717) is 28.4 Å². The lowest BCUT2D eigenvalue weighted by molar-refractivity contribution is -0.385. The number of fused-ring (bicyclic) bond motifs is 1. The third-order valence-corrected chi connectivity index (χ3v) is 5.68. The number of hydrogen-bond donors (Lipinski definition) is 3. The summed E-state index contributed by atoms with van der Waals surface area (Å²) in [5, 5.41) is 14.8. The molecule has 0 unspecified atom stereocenters. The molecule has 3 rings (SSSR count). The molecular formula is C19H24N4O5S. The van der Waals surface area contributed by atoms with Crippen molar-refractivity contribution in [2.45, 2.75) is 39.2 Å². The summed E-state index contributed by atoms with van der Waals surface area (Å²) in [6.07, 6.45) is 5.93. The van der Waals surface area contributed by atoms with Crippen LogP contribution in [0.3, 0.4) is 0 Å². The molecule has 1 heterocycles. The van der Waals surface area contributed by atoms with Crippen molar-refractivity contribution < 1.29 is 19.2 Å². The van der Waals surface area contributed by atoms with Crippen LogP contribution < -0.4 is 25.6 Å². The molecule has 0 spiro atoms. The van der Waals surface area contributed by atoms with Crippen LogP contribution in [0.1, 0.15) is 38.7 Å². The maximum Gasteiger partial charge on any atom is 0.280 e. The number of ether oxygens (including phenoxy) is 2. The summed E-state index contributed by atoms with van der Waals surface area (Å²) in [6, 6.07) is 3.02. The summed E-state index contributed by atoms with van der Waals surface area (Å²) in [7, 11) is 0. The molecule has 9 nitrogen and oxygen atoms in total. The Balaban J connectivity index is 1.55. The third-order valence-electron chi connectivity index (χ3n) is 5.46. The normalized spacial score (nSPS) is 22.9. The van der Waals surface area contributed by atoms with Gasteiger partial charge in [0.25, 0.3) is 11.6 Å². The molecule has 0 bridgehead atoms. The number of nitrogens with zero attached hydrogens (tertiary/aromatic N) is 1. The monoisotopic (exact) mass is 420 g/mol. The van der Waals surface area contributed by atoms with Gasteiger partial charge in [0.2, 0.25) is 6.79 Å². The Morgan fingerprint density at radius 2 is 1.97 bits per heavy atom. The summed E-state index contributed by atoms with van der Waals surface area (Å²) in [5.41, 5.74) is 5.19. The minimum Gasteiger partial charge on any atom is -0.454 e. The van der Waals surface area contributed by atoms with Crippen molar-refractivity contribution in [3.63, 3.8) is 0 Å². The van der Waals surface area contributed by atoms with E-state index in [2.05, 4.69) is 30.0 Å². The molecule has 1 aliphatic carbocycles. The Labute approximate surface area is 173 Å². The van der Waals surface area contributed by atoms with Gasteiger partial charge in [0, 0.05) is 12.1 Å². The second-order valence-electron chi connectivity index (χ2n) is 7.32. The van der Waals surface area contributed by atoms with Crippen LogP contribution in [0.5, 0.6) is 11.5 Å². The van der Waals surface area contributed by atoms with Gasteiger partial charge < -0.3 is 14.8 Å². The Morgan fingerprint density at radius 3 is 2.69 bits per heavy atom. The number of hydrogen-bond acceptors (Lipinski definition) is 6. The molecule has 29 heavy (non-hydrogen) atoms. The lowest BCUT2D eigenvalue weighted by Crippen LogP contribution is -2.52. The largest absolute Gasteiger partial charge is 0.454 e. The number of rotatable bonds is 4. The SMILES string of the molecule is C[C@H]1[C@@H](NC(=S)NNC(=O)/C=C/c2cc3c(cc2[N+](=O)[O-])OCO3)CCC[C@@H]1C. The van der Waals surface area contributed by atoms with Crippen molar-refractivity contribution in [2.75, 3.05) is 6.79 Å². The van der Waals surface area contributed by atoms with Crippen LogP contribution in [0, 0.1) is 22.0 Å². The van der Waals surface area contributed by atoms with Crippen LogP contribution in [-0.4, -0.2) is 28.8 Å². The number of benzene rings is 1. The van der Waals surface area contributed by atoms with Crippen molar-refractivity contribution in [3.8, 4) is 11.5 Å². The highest BCUT2D eigenvalue weighted by molar-refractivity contribution is 7.80. The van der Waals surface area contributed by atoms with Crippen molar-refractivity contribution in [1.82, 2.24) is 16.2 Å². The smallest absolute Gasteiger partial charge is 0.280 e. The Hall–Kier alpha value is -2.88. The van der Waals surface area contributed by atoms with Gasteiger partial charge in [-0.05, 0) is 42.6 Å². The topological polar surface area (TPSA) is 115 Å². The van der Waals surface area contributed by atoms with Crippen molar-refractivity contribution >= 4 is 35.0 Å². The average Bonchev–Trinajstić information content (AvgIpc) is 3.15. The molecule has 2 aliphatic rings. The molecule has 1 aromatic rings. The molecule has 1 aliphatic heterocycles. The number of nitro groups is 1. The Kier molecular flexibility index (Phi) is 6.53. The summed E-state index contributed by atoms with van der Waals surface area (Å²) in [5.74, 6) is 1.33. The molecule has 10 heteroatoms. The fraction of sp³-hybridized carbons (Fsp3) is 0.474. The van der Waals surface area contributed by atoms with Crippen molar-refractivity contribution in [3.05, 3.63) is 33.9 Å². The fourth-order valence-corrected chi connectivity index (χ4v) is 3.76. The summed E-state index contributed by atoms with van der Waals surface area (Å²) >= 11 is 5.25. The molecule has 0 saturated heterocycles.